The fraction of sp³-hybridized carbons (Fsp3) is 0.609. The van der Waals surface area contributed by atoms with E-state index >= 15 is 0 Å². The first kappa shape index (κ1) is 22.7. The van der Waals surface area contributed by atoms with Crippen molar-refractivity contribution in [3.8, 4) is 0 Å². The van der Waals surface area contributed by atoms with Crippen molar-refractivity contribution in [3.05, 3.63) is 16.8 Å². The highest BCUT2D eigenvalue weighted by atomic mass is 32.2. The lowest BCUT2D eigenvalue weighted by Gasteiger charge is -2.27. The molecule has 0 bridgehead atoms. The van der Waals surface area contributed by atoms with Crippen molar-refractivity contribution in [3.63, 3.8) is 0 Å². The summed E-state index contributed by atoms with van der Waals surface area (Å²) in [6, 6.07) is 0. The lowest BCUT2D eigenvalue weighted by molar-refractivity contribution is 0.178. The Kier molecular flexibility index (Phi) is 7.01. The van der Waals surface area contributed by atoms with Gasteiger partial charge in [-0.3, -0.25) is 0 Å². The molecule has 0 aliphatic heterocycles. The maximum atomic E-state index is 10.1. The normalized spacial score (nSPS) is 15.5. The Hall–Kier alpha value is -1.48. The Morgan fingerprint density at radius 2 is 1.77 bits per heavy atom. The minimum Gasteiger partial charge on any atom is -0.392 e. The molecule has 0 aromatic carbocycles. The Balaban J connectivity index is 1.96. The first-order valence-electron chi connectivity index (χ1n) is 11.2. The average molecular weight is 461 g/mol. The Bertz CT molecular complexity index is 1070. The summed E-state index contributed by atoms with van der Waals surface area (Å²) in [4.78, 5) is 17.9. The van der Waals surface area contributed by atoms with Crippen molar-refractivity contribution in [2.75, 3.05) is 24.2 Å². The molecule has 0 saturated carbocycles. The number of unbranched alkanes of at least 4 members (excludes halogenated alkanes) is 1. The second kappa shape index (κ2) is 9.57. The molecule has 3 aromatic heterocycles. The van der Waals surface area contributed by atoms with Crippen LogP contribution in [0.25, 0.3) is 20.4 Å². The van der Waals surface area contributed by atoms with E-state index in [1.165, 1.54) is 46.8 Å². The molecule has 0 spiro atoms. The fourth-order valence-corrected chi connectivity index (χ4v) is 6.09. The molecule has 2 unspecified atom stereocenters. The monoisotopic (exact) mass is 460 g/mol. The lowest BCUT2D eigenvalue weighted by atomic mass is 10.0. The summed E-state index contributed by atoms with van der Waals surface area (Å²) >= 11 is 3.18. The predicted octanol–water partition coefficient (Wildman–Crippen LogP) is 4.36. The number of hydrogen-bond acceptors (Lipinski definition) is 8. The average Bonchev–Trinajstić information content (AvgIpc) is 3.34. The van der Waals surface area contributed by atoms with Crippen LogP contribution in [-0.4, -0.2) is 56.7 Å². The van der Waals surface area contributed by atoms with Gasteiger partial charge < -0.3 is 15.1 Å². The van der Waals surface area contributed by atoms with Crippen LogP contribution in [0.4, 0.5) is 5.82 Å². The zero-order chi connectivity index (χ0) is 22.1. The van der Waals surface area contributed by atoms with Gasteiger partial charge in [0.2, 0.25) is 0 Å². The molecule has 0 saturated heterocycles. The molecule has 6 nitrogen and oxygen atoms in total. The lowest BCUT2D eigenvalue weighted by Crippen LogP contribution is -2.37. The maximum absolute atomic E-state index is 10.1. The molecule has 2 atom stereocenters. The van der Waals surface area contributed by atoms with Crippen LogP contribution >= 0.6 is 23.1 Å². The summed E-state index contributed by atoms with van der Waals surface area (Å²) in [7, 11) is 0. The minimum atomic E-state index is -0.529. The van der Waals surface area contributed by atoms with Gasteiger partial charge in [-0.05, 0) is 63.3 Å². The minimum absolute atomic E-state index is 0.409. The van der Waals surface area contributed by atoms with Crippen LogP contribution in [0.2, 0.25) is 0 Å². The van der Waals surface area contributed by atoms with Crippen molar-refractivity contribution in [1.29, 1.82) is 0 Å². The summed E-state index contributed by atoms with van der Waals surface area (Å²) in [6.07, 6.45) is 7.66. The third-order valence-electron chi connectivity index (χ3n) is 5.80. The molecule has 31 heavy (non-hydrogen) atoms. The molecule has 1 aliphatic carbocycles. The Morgan fingerprint density at radius 3 is 2.42 bits per heavy atom. The van der Waals surface area contributed by atoms with E-state index in [1.54, 1.807) is 25.2 Å². The van der Waals surface area contributed by atoms with Gasteiger partial charge in [-0.15, -0.1) is 11.3 Å². The van der Waals surface area contributed by atoms with Crippen LogP contribution in [0, 0.1) is 0 Å². The van der Waals surface area contributed by atoms with Gasteiger partial charge in [-0.1, -0.05) is 25.1 Å². The Morgan fingerprint density at radius 1 is 1.06 bits per heavy atom. The number of thioether (sulfide) groups is 1. The first-order valence-corrected chi connectivity index (χ1v) is 13.3. The zero-order valence-electron chi connectivity index (χ0n) is 18.8. The molecular formula is C23H32N4O2S2. The van der Waals surface area contributed by atoms with Crippen molar-refractivity contribution in [2.45, 2.75) is 76.7 Å². The van der Waals surface area contributed by atoms with E-state index in [2.05, 4.69) is 6.92 Å². The van der Waals surface area contributed by atoms with Crippen LogP contribution in [0.15, 0.2) is 5.16 Å². The molecule has 4 rings (SSSR count). The van der Waals surface area contributed by atoms with E-state index < -0.39 is 12.2 Å². The number of hydrogen-bond donors (Lipinski definition) is 2. The van der Waals surface area contributed by atoms with Crippen molar-refractivity contribution in [2.24, 2.45) is 0 Å². The molecule has 0 radical (unpaired) electrons. The highest BCUT2D eigenvalue weighted by molar-refractivity contribution is 7.98. The number of thiophene rings is 1. The number of nitrogens with zero attached hydrogens (tertiary/aromatic N) is 4. The number of anilines is 1. The van der Waals surface area contributed by atoms with Crippen LogP contribution in [-0.2, 0) is 19.3 Å². The molecule has 0 amide bonds. The van der Waals surface area contributed by atoms with Gasteiger partial charge in [-0.2, -0.15) is 0 Å². The highest BCUT2D eigenvalue weighted by Gasteiger charge is 2.26. The molecule has 3 heterocycles. The van der Waals surface area contributed by atoms with Gasteiger partial charge in [-0.25, -0.2) is 15.0 Å². The topological polar surface area (TPSA) is 82.4 Å². The van der Waals surface area contributed by atoms with Crippen molar-refractivity contribution >= 4 is 49.3 Å². The van der Waals surface area contributed by atoms with Crippen LogP contribution < -0.4 is 4.90 Å². The van der Waals surface area contributed by atoms with Crippen LogP contribution in [0.3, 0.4) is 0 Å². The van der Waals surface area contributed by atoms with Crippen molar-refractivity contribution < 1.29 is 10.2 Å². The fourth-order valence-electron chi connectivity index (χ4n) is 4.55. The van der Waals surface area contributed by atoms with E-state index in [1.807, 2.05) is 11.2 Å². The van der Waals surface area contributed by atoms with Gasteiger partial charge in [0, 0.05) is 24.2 Å². The van der Waals surface area contributed by atoms with E-state index in [-0.39, 0.29) is 0 Å². The molecule has 0 fully saturated rings. The number of aliphatic hydroxyl groups excluding tert-OH is 2. The predicted molar refractivity (Wildman–Crippen MR) is 131 cm³/mol. The summed E-state index contributed by atoms with van der Waals surface area (Å²) < 4.78 is 1.00. The second-order valence-corrected chi connectivity index (χ2v) is 10.3. The maximum Gasteiger partial charge on any atom is 0.189 e. The molecule has 3 aromatic rings. The second-order valence-electron chi connectivity index (χ2n) is 8.57. The van der Waals surface area contributed by atoms with Gasteiger partial charge >= 0.3 is 0 Å². The van der Waals surface area contributed by atoms with Gasteiger partial charge in [0.05, 0.1) is 22.4 Å². The molecule has 168 valence electrons. The van der Waals surface area contributed by atoms with E-state index in [0.29, 0.717) is 18.2 Å². The quantitative estimate of drug-likeness (QED) is 0.363. The standard InChI is InChI=1S/C23H32N4O2S2/c1-5-6-10-17-15-8-7-9-16(15)18-19-20(31-22(18)24-17)21(26-23(25-19)30-4)27(11-13(2)28)12-14(3)29/h13-14,28-29H,5-12H2,1-4H3. The number of pyridine rings is 1. The van der Waals surface area contributed by atoms with Crippen molar-refractivity contribution in [1.82, 2.24) is 15.0 Å². The number of fused-ring (bicyclic) bond motifs is 5. The largest absolute Gasteiger partial charge is 0.392 e. The van der Waals surface area contributed by atoms with E-state index in [9.17, 15) is 10.2 Å². The SMILES string of the molecule is CCCCc1nc2sc3c(N(CC(C)O)CC(C)O)nc(SC)nc3c2c2c1CCC2. The number of aryl methyl sites for hydroxylation is 2. The van der Waals surface area contributed by atoms with Crippen LogP contribution in [0.1, 0.15) is 56.9 Å². The van der Waals surface area contributed by atoms with E-state index in [0.717, 1.165) is 46.5 Å². The van der Waals surface area contributed by atoms with Gasteiger partial charge in [0.15, 0.2) is 11.0 Å². The smallest absolute Gasteiger partial charge is 0.189 e. The first-order chi connectivity index (χ1) is 14.9. The summed E-state index contributed by atoms with van der Waals surface area (Å²) in [5.74, 6) is 0.793. The molecule has 8 heteroatoms. The number of rotatable bonds is 9. The third kappa shape index (κ3) is 4.53. The molecular weight excluding hydrogens is 428 g/mol. The van der Waals surface area contributed by atoms with Crippen LogP contribution in [0.5, 0.6) is 0 Å². The zero-order valence-corrected chi connectivity index (χ0v) is 20.4. The van der Waals surface area contributed by atoms with E-state index in [4.69, 9.17) is 15.0 Å². The molecule has 2 N–H and O–H groups in total. The van der Waals surface area contributed by atoms with Gasteiger partial charge in [0.25, 0.3) is 0 Å². The number of aromatic nitrogens is 3. The summed E-state index contributed by atoms with van der Waals surface area (Å²) in [5.41, 5.74) is 5.11. The number of aliphatic hydroxyl groups is 2. The molecule has 1 aliphatic rings. The third-order valence-corrected chi connectivity index (χ3v) is 7.42. The Labute approximate surface area is 192 Å². The highest BCUT2D eigenvalue weighted by Crippen LogP contribution is 2.43. The summed E-state index contributed by atoms with van der Waals surface area (Å²) in [5, 5.41) is 22.1. The summed E-state index contributed by atoms with van der Waals surface area (Å²) in [6.45, 7) is 6.58. The van der Waals surface area contributed by atoms with Gasteiger partial charge in [0.1, 0.15) is 4.83 Å².